The fourth-order valence-electron chi connectivity index (χ4n) is 8.48. The second-order valence-electron chi connectivity index (χ2n) is 15.7. The molecule has 1 heterocycles. The van der Waals surface area contributed by atoms with E-state index in [0.29, 0.717) is 11.7 Å². The first-order valence-electron chi connectivity index (χ1n) is 20.8. The standard InChI is InChI=1S/C52H42B5N3O/c1-58-52(60-51(37-14-6-3-7-15-37)59-30-31-11-8-16-38(29-31)32-12-4-2-5-13-32)42-20-10-19-41-40-18-9-17-39(49(40)61-50(41)42)35-25-21-33(22-26-35)34-23-27-36(28-24-34)43-44(53)46(55)48(57)47(56)45(43)54/h2-30H,53-57H2,1H3/b58-52-,59-30+,60-51-. The molecule has 61 heavy (non-hydrogen) atoms. The summed E-state index contributed by atoms with van der Waals surface area (Å²) >= 11 is 0. The van der Waals surface area contributed by atoms with Gasteiger partial charge in [-0.05, 0) is 56.6 Å². The van der Waals surface area contributed by atoms with Crippen LogP contribution in [0.15, 0.2) is 189 Å². The molecule has 0 N–H and O–H groups in total. The lowest BCUT2D eigenvalue weighted by atomic mass is 9.59. The van der Waals surface area contributed by atoms with E-state index >= 15 is 0 Å². The Morgan fingerprint density at radius 2 is 0.984 bits per heavy atom. The van der Waals surface area contributed by atoms with Crippen molar-refractivity contribution in [1.82, 2.24) is 0 Å². The van der Waals surface area contributed by atoms with E-state index in [-0.39, 0.29) is 0 Å². The Hall–Kier alpha value is -7.11. The van der Waals surface area contributed by atoms with Gasteiger partial charge in [0.1, 0.15) is 50.4 Å². The molecule has 8 aromatic carbocycles. The highest BCUT2D eigenvalue weighted by Gasteiger charge is 2.18. The van der Waals surface area contributed by atoms with Gasteiger partial charge in [0, 0.05) is 35.2 Å². The molecule has 0 aliphatic heterocycles. The van der Waals surface area contributed by atoms with Crippen LogP contribution in [0.2, 0.25) is 0 Å². The van der Waals surface area contributed by atoms with Crippen molar-refractivity contribution >= 4 is 106 Å². The van der Waals surface area contributed by atoms with E-state index in [0.717, 1.165) is 60.9 Å². The number of para-hydroxylation sites is 2. The zero-order valence-electron chi connectivity index (χ0n) is 35.5. The topological polar surface area (TPSA) is 50.2 Å². The Balaban J connectivity index is 1.04. The predicted molar refractivity (Wildman–Crippen MR) is 276 cm³/mol. The molecule has 9 heteroatoms. The molecule has 0 bridgehead atoms. The highest BCUT2D eigenvalue weighted by Crippen LogP contribution is 2.38. The van der Waals surface area contributed by atoms with Crippen LogP contribution in [-0.4, -0.2) is 64.2 Å². The van der Waals surface area contributed by atoms with Gasteiger partial charge in [0.05, 0.1) is 5.56 Å². The fourth-order valence-corrected chi connectivity index (χ4v) is 8.48. The van der Waals surface area contributed by atoms with Crippen LogP contribution in [0.25, 0.3) is 66.4 Å². The van der Waals surface area contributed by atoms with Crippen molar-refractivity contribution in [3.8, 4) is 44.5 Å². The van der Waals surface area contributed by atoms with Crippen molar-refractivity contribution in [3.05, 3.63) is 187 Å². The van der Waals surface area contributed by atoms with Gasteiger partial charge in [-0.25, -0.2) is 9.98 Å². The first-order chi connectivity index (χ1) is 29.8. The molecule has 0 saturated carbocycles. The normalized spacial score (nSPS) is 12.1. The zero-order chi connectivity index (χ0) is 42.0. The van der Waals surface area contributed by atoms with Gasteiger partial charge in [-0.3, -0.25) is 4.99 Å². The van der Waals surface area contributed by atoms with Gasteiger partial charge in [-0.15, -0.1) is 16.4 Å². The van der Waals surface area contributed by atoms with Crippen LogP contribution in [0, 0.1) is 0 Å². The van der Waals surface area contributed by atoms with E-state index in [9.17, 15) is 0 Å². The highest BCUT2D eigenvalue weighted by atomic mass is 16.3. The summed E-state index contributed by atoms with van der Waals surface area (Å²) in [4.78, 5) is 14.8. The SMILES string of the molecule is Bc1c(B)c(B)c(-c2ccc(-c3ccc(-c4cccc5c4oc4c(C(/N=C(\N=C\c6cccc(-c7ccccc7)c6)c6ccccc6)=N/C)cccc45)cc3)cc2)c(B)c1B. The maximum Gasteiger partial charge on any atom is 0.161 e. The molecule has 0 amide bonds. The van der Waals surface area contributed by atoms with E-state index in [1.807, 2.05) is 54.7 Å². The lowest BCUT2D eigenvalue weighted by Crippen LogP contribution is -2.55. The molecule has 0 saturated heterocycles. The molecular formula is C52H42B5N3O. The summed E-state index contributed by atoms with van der Waals surface area (Å²) < 4.78 is 6.85. The van der Waals surface area contributed by atoms with Gasteiger partial charge in [0.25, 0.3) is 0 Å². The van der Waals surface area contributed by atoms with Crippen LogP contribution in [-0.2, 0) is 0 Å². The first-order valence-corrected chi connectivity index (χ1v) is 20.8. The highest BCUT2D eigenvalue weighted by molar-refractivity contribution is 6.68. The Bertz CT molecular complexity index is 3150. The molecule has 286 valence electrons. The second-order valence-corrected chi connectivity index (χ2v) is 15.7. The van der Waals surface area contributed by atoms with Gasteiger partial charge in [0.15, 0.2) is 11.7 Å². The van der Waals surface area contributed by atoms with Crippen molar-refractivity contribution in [2.75, 3.05) is 7.05 Å². The van der Waals surface area contributed by atoms with Gasteiger partial charge in [-0.2, -0.15) is 0 Å². The summed E-state index contributed by atoms with van der Waals surface area (Å²) in [5.41, 5.74) is 20.5. The van der Waals surface area contributed by atoms with Crippen LogP contribution >= 0.6 is 0 Å². The molecule has 1 aromatic heterocycles. The molecular weight excluding hydrogens is 737 g/mol. The zero-order valence-corrected chi connectivity index (χ0v) is 35.5. The number of aliphatic imine (C=N–C) groups is 3. The Kier molecular flexibility index (Phi) is 10.9. The maximum absolute atomic E-state index is 6.85. The molecule has 9 aromatic rings. The van der Waals surface area contributed by atoms with Crippen molar-refractivity contribution in [2.45, 2.75) is 0 Å². The summed E-state index contributed by atoms with van der Waals surface area (Å²) in [6.45, 7) is 0. The minimum atomic E-state index is 0.536. The van der Waals surface area contributed by atoms with E-state index < -0.39 is 0 Å². The number of hydrogen-bond donors (Lipinski definition) is 0. The van der Waals surface area contributed by atoms with Crippen LogP contribution in [0.3, 0.4) is 0 Å². The number of nitrogens with zero attached hydrogens (tertiary/aromatic N) is 3. The van der Waals surface area contributed by atoms with E-state index in [4.69, 9.17) is 19.4 Å². The van der Waals surface area contributed by atoms with Gasteiger partial charge >= 0.3 is 0 Å². The number of fused-ring (bicyclic) bond motifs is 3. The maximum atomic E-state index is 6.85. The molecule has 0 aliphatic rings. The van der Waals surface area contributed by atoms with Crippen molar-refractivity contribution < 1.29 is 4.42 Å². The summed E-state index contributed by atoms with van der Waals surface area (Å²) in [5, 5.41) is 2.05. The lowest BCUT2D eigenvalue weighted by molar-refractivity contribution is 0.669. The lowest BCUT2D eigenvalue weighted by Gasteiger charge is -2.20. The third kappa shape index (κ3) is 7.64. The molecule has 4 nitrogen and oxygen atoms in total. The quantitative estimate of drug-likeness (QED) is 0.134. The Morgan fingerprint density at radius 3 is 1.64 bits per heavy atom. The van der Waals surface area contributed by atoms with Crippen LogP contribution in [0.1, 0.15) is 16.7 Å². The fraction of sp³-hybridized carbons (Fsp3) is 0.0192. The number of benzene rings is 8. The number of furan rings is 1. The van der Waals surface area contributed by atoms with Crippen molar-refractivity contribution in [3.63, 3.8) is 0 Å². The molecule has 0 atom stereocenters. The summed E-state index contributed by atoms with van der Waals surface area (Å²) in [6.07, 6.45) is 1.87. The predicted octanol–water partition coefficient (Wildman–Crippen LogP) is 4.49. The van der Waals surface area contributed by atoms with Gasteiger partial charge in [0.2, 0.25) is 0 Å². The minimum absolute atomic E-state index is 0.536. The van der Waals surface area contributed by atoms with Crippen LogP contribution < -0.4 is 27.3 Å². The smallest absolute Gasteiger partial charge is 0.161 e. The number of hydrogen-bond acceptors (Lipinski definition) is 2. The number of amidine groups is 2. The van der Waals surface area contributed by atoms with E-state index in [2.05, 4.69) is 161 Å². The minimum Gasteiger partial charge on any atom is -0.455 e. The van der Waals surface area contributed by atoms with Crippen molar-refractivity contribution in [2.24, 2.45) is 15.0 Å². The molecule has 0 unspecified atom stereocenters. The molecule has 0 radical (unpaired) electrons. The molecule has 9 rings (SSSR count). The summed E-state index contributed by atoms with van der Waals surface area (Å²) in [6, 6.07) is 59.1. The molecule has 0 aliphatic carbocycles. The van der Waals surface area contributed by atoms with Crippen LogP contribution in [0.4, 0.5) is 0 Å². The van der Waals surface area contributed by atoms with Crippen LogP contribution in [0.5, 0.6) is 0 Å². The molecule has 0 fully saturated rings. The van der Waals surface area contributed by atoms with E-state index in [1.54, 1.807) is 7.05 Å². The van der Waals surface area contributed by atoms with E-state index in [1.165, 1.54) is 49.6 Å². The Morgan fingerprint density at radius 1 is 0.459 bits per heavy atom. The third-order valence-electron chi connectivity index (χ3n) is 12.3. The second kappa shape index (κ2) is 16.9. The first kappa shape index (κ1) is 39.4. The van der Waals surface area contributed by atoms with Gasteiger partial charge < -0.3 is 4.42 Å². The van der Waals surface area contributed by atoms with Crippen molar-refractivity contribution in [1.29, 1.82) is 0 Å². The summed E-state index contributed by atoms with van der Waals surface area (Å²) in [7, 11) is 13.0. The monoisotopic (exact) mass is 779 g/mol. The average Bonchev–Trinajstić information content (AvgIpc) is 3.71. The Labute approximate surface area is 362 Å². The average molecular weight is 779 g/mol. The third-order valence-corrected chi connectivity index (χ3v) is 12.3. The number of rotatable bonds is 7. The summed E-state index contributed by atoms with van der Waals surface area (Å²) in [5.74, 6) is 1.09. The van der Waals surface area contributed by atoms with Gasteiger partial charge in [-0.1, -0.05) is 169 Å². The molecule has 0 spiro atoms. The largest absolute Gasteiger partial charge is 0.455 e.